The molecule has 110 valence electrons. The van der Waals surface area contributed by atoms with Crippen LogP contribution in [0.25, 0.3) is 0 Å². The second kappa shape index (κ2) is 6.27. The first kappa shape index (κ1) is 14.9. The summed E-state index contributed by atoms with van der Waals surface area (Å²) in [5, 5.41) is 0. The van der Waals surface area contributed by atoms with Crippen LogP contribution in [0.5, 0.6) is 0 Å². The first-order valence-electron chi connectivity index (χ1n) is 7.50. The minimum atomic E-state index is 0.134. The molecule has 1 aromatic carbocycles. The number of likely N-dealkylation sites (tertiary alicyclic amines) is 1. The molecule has 1 aliphatic rings. The molecule has 0 unspecified atom stereocenters. The van der Waals surface area contributed by atoms with Crippen LogP contribution in [0.15, 0.2) is 24.3 Å². The molecule has 0 saturated carbocycles. The van der Waals surface area contributed by atoms with Gasteiger partial charge in [0.15, 0.2) is 0 Å². The minimum absolute atomic E-state index is 0.134. The lowest BCUT2D eigenvalue weighted by atomic mass is 9.74. The standard InChI is InChI=1S/C16H25N3O/c1-3-16(4-2)9-11-19(12-10-16)15(20)13-5-7-14(18-17)8-6-13/h5-8,18H,3-4,9-12,17H2,1-2H3. The lowest BCUT2D eigenvalue weighted by Crippen LogP contribution is -2.42. The fourth-order valence-electron chi connectivity index (χ4n) is 3.03. The largest absolute Gasteiger partial charge is 0.339 e. The number of benzene rings is 1. The number of amides is 1. The molecule has 20 heavy (non-hydrogen) atoms. The highest BCUT2D eigenvalue weighted by molar-refractivity contribution is 5.94. The van der Waals surface area contributed by atoms with Gasteiger partial charge in [0.2, 0.25) is 0 Å². The number of hydrogen-bond acceptors (Lipinski definition) is 3. The number of nitrogens with zero attached hydrogens (tertiary/aromatic N) is 1. The number of hydrazine groups is 1. The molecule has 1 heterocycles. The molecule has 1 saturated heterocycles. The van der Waals surface area contributed by atoms with E-state index < -0.39 is 0 Å². The molecule has 4 heteroatoms. The monoisotopic (exact) mass is 275 g/mol. The van der Waals surface area contributed by atoms with Gasteiger partial charge in [0.05, 0.1) is 0 Å². The molecule has 0 bridgehead atoms. The molecule has 1 aromatic rings. The number of rotatable bonds is 4. The first-order chi connectivity index (χ1) is 9.64. The Morgan fingerprint density at radius 2 is 1.75 bits per heavy atom. The van der Waals surface area contributed by atoms with Crippen molar-refractivity contribution < 1.29 is 4.79 Å². The average Bonchev–Trinajstić information content (AvgIpc) is 2.54. The maximum absolute atomic E-state index is 12.5. The van der Waals surface area contributed by atoms with Gasteiger partial charge in [-0.15, -0.1) is 0 Å². The molecule has 0 atom stereocenters. The molecule has 1 aliphatic heterocycles. The molecular weight excluding hydrogens is 250 g/mol. The number of hydrogen-bond donors (Lipinski definition) is 2. The van der Waals surface area contributed by atoms with Gasteiger partial charge in [-0.25, -0.2) is 0 Å². The van der Waals surface area contributed by atoms with Crippen molar-refractivity contribution in [2.75, 3.05) is 18.5 Å². The van der Waals surface area contributed by atoms with E-state index in [1.54, 1.807) is 0 Å². The Hall–Kier alpha value is -1.55. The molecule has 3 N–H and O–H groups in total. The van der Waals surface area contributed by atoms with E-state index in [0.717, 1.165) is 37.2 Å². The van der Waals surface area contributed by atoms with E-state index in [-0.39, 0.29) is 5.91 Å². The van der Waals surface area contributed by atoms with Gasteiger partial charge in [-0.2, -0.15) is 0 Å². The summed E-state index contributed by atoms with van der Waals surface area (Å²) in [7, 11) is 0. The Morgan fingerprint density at radius 3 is 2.20 bits per heavy atom. The molecule has 0 spiro atoms. The Bertz CT molecular complexity index is 441. The van der Waals surface area contributed by atoms with Crippen molar-refractivity contribution in [3.8, 4) is 0 Å². The predicted octanol–water partition coefficient (Wildman–Crippen LogP) is 3.01. The molecule has 0 aromatic heterocycles. The normalized spacial score (nSPS) is 17.9. The van der Waals surface area contributed by atoms with Crippen molar-refractivity contribution in [1.29, 1.82) is 0 Å². The number of nitrogen functional groups attached to an aromatic ring is 1. The summed E-state index contributed by atoms with van der Waals surface area (Å²) in [6.07, 6.45) is 4.66. The predicted molar refractivity (Wildman–Crippen MR) is 82.4 cm³/mol. The average molecular weight is 275 g/mol. The van der Waals surface area contributed by atoms with E-state index >= 15 is 0 Å². The molecular formula is C16H25N3O. The Balaban J connectivity index is 2.00. The minimum Gasteiger partial charge on any atom is -0.339 e. The lowest BCUT2D eigenvalue weighted by molar-refractivity contribution is 0.0558. The fraction of sp³-hybridized carbons (Fsp3) is 0.562. The summed E-state index contributed by atoms with van der Waals surface area (Å²) < 4.78 is 0. The van der Waals surface area contributed by atoms with Crippen molar-refractivity contribution in [2.24, 2.45) is 11.3 Å². The molecule has 0 aliphatic carbocycles. The van der Waals surface area contributed by atoms with E-state index in [2.05, 4.69) is 19.3 Å². The van der Waals surface area contributed by atoms with Gasteiger partial charge in [0.25, 0.3) is 5.91 Å². The van der Waals surface area contributed by atoms with E-state index in [9.17, 15) is 4.79 Å². The van der Waals surface area contributed by atoms with Gasteiger partial charge in [0.1, 0.15) is 0 Å². The van der Waals surface area contributed by atoms with Gasteiger partial charge < -0.3 is 10.3 Å². The molecule has 1 amide bonds. The summed E-state index contributed by atoms with van der Waals surface area (Å²) >= 11 is 0. The quantitative estimate of drug-likeness (QED) is 0.656. The summed E-state index contributed by atoms with van der Waals surface area (Å²) in [5.41, 5.74) is 4.58. The second-order valence-electron chi connectivity index (χ2n) is 5.72. The van der Waals surface area contributed by atoms with Crippen LogP contribution < -0.4 is 11.3 Å². The van der Waals surface area contributed by atoms with E-state index in [1.807, 2.05) is 29.2 Å². The molecule has 1 fully saturated rings. The van der Waals surface area contributed by atoms with Crippen LogP contribution in [0.2, 0.25) is 0 Å². The summed E-state index contributed by atoms with van der Waals surface area (Å²) in [4.78, 5) is 14.4. The van der Waals surface area contributed by atoms with Crippen molar-refractivity contribution in [3.63, 3.8) is 0 Å². The highest BCUT2D eigenvalue weighted by Crippen LogP contribution is 2.38. The van der Waals surface area contributed by atoms with Crippen LogP contribution in [0.3, 0.4) is 0 Å². The number of nitrogens with one attached hydrogen (secondary N) is 1. The number of carbonyl (C=O) groups excluding carboxylic acids is 1. The lowest BCUT2D eigenvalue weighted by Gasteiger charge is -2.41. The van der Waals surface area contributed by atoms with Crippen molar-refractivity contribution >= 4 is 11.6 Å². The summed E-state index contributed by atoms with van der Waals surface area (Å²) in [6.45, 7) is 6.27. The zero-order valence-electron chi connectivity index (χ0n) is 12.5. The maximum Gasteiger partial charge on any atom is 0.253 e. The highest BCUT2D eigenvalue weighted by atomic mass is 16.2. The van der Waals surface area contributed by atoms with Crippen molar-refractivity contribution in [3.05, 3.63) is 29.8 Å². The van der Waals surface area contributed by atoms with Crippen LogP contribution in [-0.4, -0.2) is 23.9 Å². The smallest absolute Gasteiger partial charge is 0.253 e. The number of piperidine rings is 1. The van der Waals surface area contributed by atoms with Crippen LogP contribution in [0.1, 0.15) is 49.9 Å². The van der Waals surface area contributed by atoms with Crippen LogP contribution in [-0.2, 0) is 0 Å². The van der Waals surface area contributed by atoms with Gasteiger partial charge in [0, 0.05) is 24.3 Å². The third kappa shape index (κ3) is 2.96. The zero-order chi connectivity index (χ0) is 14.6. The molecule has 4 nitrogen and oxygen atoms in total. The first-order valence-corrected chi connectivity index (χ1v) is 7.50. The molecule has 0 radical (unpaired) electrons. The topological polar surface area (TPSA) is 58.4 Å². The van der Waals surface area contributed by atoms with Crippen molar-refractivity contribution in [2.45, 2.75) is 39.5 Å². The van der Waals surface area contributed by atoms with Crippen LogP contribution in [0, 0.1) is 5.41 Å². The second-order valence-corrected chi connectivity index (χ2v) is 5.72. The van der Waals surface area contributed by atoms with E-state index in [4.69, 9.17) is 5.84 Å². The maximum atomic E-state index is 12.5. The molecule has 2 rings (SSSR count). The third-order valence-electron chi connectivity index (χ3n) is 4.91. The van der Waals surface area contributed by atoms with Gasteiger partial charge in [-0.05, 0) is 42.5 Å². The Morgan fingerprint density at radius 1 is 1.20 bits per heavy atom. The Labute approximate surface area is 121 Å². The van der Waals surface area contributed by atoms with Crippen LogP contribution >= 0.6 is 0 Å². The van der Waals surface area contributed by atoms with E-state index in [1.165, 1.54) is 12.8 Å². The number of anilines is 1. The number of carbonyl (C=O) groups is 1. The van der Waals surface area contributed by atoms with Gasteiger partial charge in [-0.3, -0.25) is 10.6 Å². The summed E-state index contributed by atoms with van der Waals surface area (Å²) in [5.74, 6) is 5.47. The van der Waals surface area contributed by atoms with Gasteiger partial charge in [-0.1, -0.05) is 26.7 Å². The summed E-state index contributed by atoms with van der Waals surface area (Å²) in [6, 6.07) is 7.33. The fourth-order valence-corrected chi connectivity index (χ4v) is 3.03. The number of nitrogens with two attached hydrogens (primary N) is 1. The third-order valence-corrected chi connectivity index (χ3v) is 4.91. The van der Waals surface area contributed by atoms with Gasteiger partial charge >= 0.3 is 0 Å². The van der Waals surface area contributed by atoms with Crippen molar-refractivity contribution in [1.82, 2.24) is 4.90 Å². The van der Waals surface area contributed by atoms with E-state index in [0.29, 0.717) is 5.41 Å². The SMILES string of the molecule is CCC1(CC)CCN(C(=O)c2ccc(NN)cc2)CC1. The highest BCUT2D eigenvalue weighted by Gasteiger charge is 2.32. The zero-order valence-corrected chi connectivity index (χ0v) is 12.5. The van der Waals surface area contributed by atoms with Crippen LogP contribution in [0.4, 0.5) is 5.69 Å². The Kier molecular flexibility index (Phi) is 4.65.